The van der Waals surface area contributed by atoms with Crippen LogP contribution in [0.3, 0.4) is 0 Å². The Hall–Kier alpha value is -2.14. The van der Waals surface area contributed by atoms with Gasteiger partial charge in [-0.1, -0.05) is 35.0 Å². The molecule has 0 radical (unpaired) electrons. The maximum Gasteiger partial charge on any atom is 0.338 e. The normalized spacial score (nSPS) is 10.2. The summed E-state index contributed by atoms with van der Waals surface area (Å²) in [4.78, 5) is 23.7. The summed E-state index contributed by atoms with van der Waals surface area (Å²) in [6, 6.07) is 13.8. The summed E-state index contributed by atoms with van der Waals surface area (Å²) in [6.07, 6.45) is 0.770. The largest absolute Gasteiger partial charge is 0.462 e. The zero-order valence-corrected chi connectivity index (χ0v) is 14.3. The van der Waals surface area contributed by atoms with Gasteiger partial charge in [-0.3, -0.25) is 0 Å². The van der Waals surface area contributed by atoms with Crippen molar-refractivity contribution in [2.24, 2.45) is 0 Å². The van der Waals surface area contributed by atoms with Crippen molar-refractivity contribution in [1.29, 1.82) is 0 Å². The van der Waals surface area contributed by atoms with Crippen LogP contribution in [0.4, 0.5) is 0 Å². The molecule has 0 saturated heterocycles. The molecule has 0 amide bonds. The lowest BCUT2D eigenvalue weighted by atomic mass is 10.1. The van der Waals surface area contributed by atoms with E-state index in [1.54, 1.807) is 24.3 Å². The van der Waals surface area contributed by atoms with Crippen LogP contribution in [0.2, 0.25) is 0 Å². The Morgan fingerprint density at radius 3 is 2.13 bits per heavy atom. The van der Waals surface area contributed by atoms with Crippen molar-refractivity contribution in [2.45, 2.75) is 20.0 Å². The Morgan fingerprint density at radius 2 is 1.57 bits per heavy atom. The zero-order valence-electron chi connectivity index (χ0n) is 12.8. The van der Waals surface area contributed by atoms with Gasteiger partial charge in [-0.05, 0) is 48.4 Å². The minimum atomic E-state index is -0.432. The molecule has 0 spiro atoms. The molecule has 0 saturated carbocycles. The molecule has 0 heterocycles. The summed E-state index contributed by atoms with van der Waals surface area (Å²) in [7, 11) is 0. The number of hydrogen-bond acceptors (Lipinski definition) is 4. The summed E-state index contributed by atoms with van der Waals surface area (Å²) < 4.78 is 11.2. The van der Waals surface area contributed by atoms with Crippen molar-refractivity contribution in [3.63, 3.8) is 0 Å². The minimum Gasteiger partial charge on any atom is -0.462 e. The number of benzene rings is 2. The maximum atomic E-state index is 12.0. The van der Waals surface area contributed by atoms with Gasteiger partial charge in [0.1, 0.15) is 6.61 Å². The van der Waals surface area contributed by atoms with E-state index in [9.17, 15) is 9.59 Å². The second-order valence-corrected chi connectivity index (χ2v) is 5.83. The molecule has 2 aromatic carbocycles. The Bertz CT molecular complexity index is 680. The first kappa shape index (κ1) is 17.2. The molecule has 0 fully saturated rings. The lowest BCUT2D eigenvalue weighted by molar-refractivity contribution is 0.0467. The van der Waals surface area contributed by atoms with E-state index in [1.807, 2.05) is 31.2 Å². The predicted octanol–water partition coefficient (Wildman–Crippen LogP) is 4.37. The smallest absolute Gasteiger partial charge is 0.338 e. The van der Waals surface area contributed by atoms with Gasteiger partial charge < -0.3 is 9.47 Å². The van der Waals surface area contributed by atoms with Crippen LogP contribution in [-0.2, 0) is 16.1 Å². The van der Waals surface area contributed by atoms with E-state index in [-0.39, 0.29) is 12.6 Å². The molecule has 2 aromatic rings. The second-order valence-electron chi connectivity index (χ2n) is 4.92. The van der Waals surface area contributed by atoms with Gasteiger partial charge in [-0.15, -0.1) is 0 Å². The highest BCUT2D eigenvalue weighted by molar-refractivity contribution is 9.10. The van der Waals surface area contributed by atoms with Crippen LogP contribution in [0, 0.1) is 0 Å². The first-order valence-corrected chi connectivity index (χ1v) is 8.08. The predicted molar refractivity (Wildman–Crippen MR) is 90.3 cm³/mol. The molecule has 0 aliphatic rings. The number of carbonyl (C=O) groups is 2. The lowest BCUT2D eigenvalue weighted by Gasteiger charge is -2.06. The Balaban J connectivity index is 1.93. The third-order valence-electron chi connectivity index (χ3n) is 3.05. The van der Waals surface area contributed by atoms with Gasteiger partial charge in [-0.25, -0.2) is 9.59 Å². The summed E-state index contributed by atoms with van der Waals surface area (Å²) >= 11 is 3.37. The number of halogens is 1. The molecule has 23 heavy (non-hydrogen) atoms. The molecule has 5 heteroatoms. The Morgan fingerprint density at radius 1 is 0.957 bits per heavy atom. The lowest BCUT2D eigenvalue weighted by Crippen LogP contribution is -2.08. The van der Waals surface area contributed by atoms with Gasteiger partial charge in [0, 0.05) is 4.47 Å². The second kappa shape index (κ2) is 8.48. The third-order valence-corrected chi connectivity index (χ3v) is 3.55. The molecule has 0 aromatic heterocycles. The van der Waals surface area contributed by atoms with Crippen LogP contribution >= 0.6 is 15.9 Å². The summed E-state index contributed by atoms with van der Waals surface area (Å²) in [5, 5.41) is 0. The quantitative estimate of drug-likeness (QED) is 0.702. The third kappa shape index (κ3) is 5.21. The fourth-order valence-corrected chi connectivity index (χ4v) is 2.33. The maximum absolute atomic E-state index is 12.0. The summed E-state index contributed by atoms with van der Waals surface area (Å²) in [5.41, 5.74) is 1.71. The van der Waals surface area contributed by atoms with Gasteiger partial charge in [0.05, 0.1) is 17.7 Å². The van der Waals surface area contributed by atoms with E-state index in [4.69, 9.17) is 9.47 Å². The molecule has 0 atom stereocenters. The number of ether oxygens (including phenoxy) is 2. The van der Waals surface area contributed by atoms with E-state index in [0.717, 1.165) is 16.5 Å². The van der Waals surface area contributed by atoms with Crippen molar-refractivity contribution in [3.8, 4) is 0 Å². The number of rotatable bonds is 6. The molecular weight excluding hydrogens is 360 g/mol. The number of carbonyl (C=O) groups excluding carboxylic acids is 2. The monoisotopic (exact) mass is 376 g/mol. The van der Waals surface area contributed by atoms with Crippen LogP contribution in [0.25, 0.3) is 0 Å². The molecule has 4 nitrogen and oxygen atoms in total. The number of hydrogen-bond donors (Lipinski definition) is 0. The average Bonchev–Trinajstić information content (AvgIpc) is 2.57. The van der Waals surface area contributed by atoms with Crippen LogP contribution in [0.5, 0.6) is 0 Å². The standard InChI is InChI=1S/C18H17BrO4/c1-2-10-22-17(20)14-6-8-15(9-7-14)18(21)23-12-13-4-3-5-16(19)11-13/h3-9,11H,2,10,12H2,1H3. The van der Waals surface area contributed by atoms with Crippen LogP contribution < -0.4 is 0 Å². The zero-order chi connectivity index (χ0) is 16.7. The topological polar surface area (TPSA) is 52.6 Å². The molecule has 0 N–H and O–H groups in total. The molecular formula is C18H17BrO4. The van der Waals surface area contributed by atoms with Gasteiger partial charge in [0.2, 0.25) is 0 Å². The first-order valence-electron chi connectivity index (χ1n) is 7.29. The summed E-state index contributed by atoms with van der Waals surface area (Å²) in [5.74, 6) is -0.820. The fourth-order valence-electron chi connectivity index (χ4n) is 1.88. The van der Waals surface area contributed by atoms with Gasteiger partial charge in [-0.2, -0.15) is 0 Å². The van der Waals surface area contributed by atoms with E-state index in [0.29, 0.717) is 17.7 Å². The van der Waals surface area contributed by atoms with Gasteiger partial charge in [0.25, 0.3) is 0 Å². The Kier molecular flexibility index (Phi) is 6.35. The number of esters is 2. The van der Waals surface area contributed by atoms with Crippen molar-refractivity contribution in [2.75, 3.05) is 6.61 Å². The molecule has 2 rings (SSSR count). The summed E-state index contributed by atoms with van der Waals surface area (Å²) in [6.45, 7) is 2.51. The highest BCUT2D eigenvalue weighted by Gasteiger charge is 2.11. The van der Waals surface area contributed by atoms with Crippen LogP contribution in [-0.4, -0.2) is 18.5 Å². The molecule has 0 bridgehead atoms. The van der Waals surface area contributed by atoms with Gasteiger partial charge in [0.15, 0.2) is 0 Å². The average molecular weight is 377 g/mol. The molecule has 0 aliphatic heterocycles. The highest BCUT2D eigenvalue weighted by atomic mass is 79.9. The molecule has 0 unspecified atom stereocenters. The highest BCUT2D eigenvalue weighted by Crippen LogP contribution is 2.14. The van der Waals surface area contributed by atoms with E-state index >= 15 is 0 Å². The van der Waals surface area contributed by atoms with E-state index in [2.05, 4.69) is 15.9 Å². The van der Waals surface area contributed by atoms with Crippen molar-refractivity contribution >= 4 is 27.9 Å². The first-order chi connectivity index (χ1) is 11.1. The van der Waals surface area contributed by atoms with Crippen molar-refractivity contribution in [1.82, 2.24) is 0 Å². The van der Waals surface area contributed by atoms with E-state index in [1.165, 1.54) is 0 Å². The SMILES string of the molecule is CCCOC(=O)c1ccc(C(=O)OCc2cccc(Br)c2)cc1. The van der Waals surface area contributed by atoms with Crippen LogP contribution in [0.15, 0.2) is 53.0 Å². The van der Waals surface area contributed by atoms with Crippen molar-refractivity contribution in [3.05, 3.63) is 69.7 Å². The minimum absolute atomic E-state index is 0.193. The fraction of sp³-hybridized carbons (Fsp3) is 0.222. The molecule has 120 valence electrons. The van der Waals surface area contributed by atoms with Crippen molar-refractivity contribution < 1.29 is 19.1 Å². The van der Waals surface area contributed by atoms with Gasteiger partial charge >= 0.3 is 11.9 Å². The van der Waals surface area contributed by atoms with E-state index < -0.39 is 5.97 Å². The molecule has 0 aliphatic carbocycles. The van der Waals surface area contributed by atoms with Crippen LogP contribution in [0.1, 0.15) is 39.6 Å². The Labute approximate surface area is 143 Å².